The van der Waals surface area contributed by atoms with Crippen molar-refractivity contribution in [2.24, 2.45) is 11.8 Å². The van der Waals surface area contributed by atoms with E-state index in [4.69, 9.17) is 9.26 Å². The van der Waals surface area contributed by atoms with Crippen molar-refractivity contribution in [1.29, 1.82) is 0 Å². The standard InChI is InChI=1S/C15H23N3O3/c1-11-16-14(17-21-11)8-12-2-5-18(6-3-12)15(19)9-13-4-7-20-10-13/h12-13H,2-10H2,1H3. The number of aryl methyl sites for hydroxylation is 1. The minimum Gasteiger partial charge on any atom is -0.381 e. The van der Waals surface area contributed by atoms with E-state index in [0.29, 0.717) is 30.1 Å². The van der Waals surface area contributed by atoms with Gasteiger partial charge < -0.3 is 14.2 Å². The van der Waals surface area contributed by atoms with Gasteiger partial charge in [-0.25, -0.2) is 0 Å². The Morgan fingerprint density at radius 3 is 2.71 bits per heavy atom. The first-order chi connectivity index (χ1) is 10.2. The van der Waals surface area contributed by atoms with Gasteiger partial charge in [0.05, 0.1) is 0 Å². The number of likely N-dealkylation sites (tertiary alicyclic amines) is 1. The van der Waals surface area contributed by atoms with Gasteiger partial charge in [-0.2, -0.15) is 4.98 Å². The molecule has 2 aliphatic rings. The zero-order valence-corrected chi connectivity index (χ0v) is 12.6. The molecule has 1 aromatic rings. The molecular weight excluding hydrogens is 270 g/mol. The number of hydrogen-bond acceptors (Lipinski definition) is 5. The number of carbonyl (C=O) groups is 1. The molecule has 2 aliphatic heterocycles. The van der Waals surface area contributed by atoms with Gasteiger partial charge in [0.1, 0.15) is 0 Å². The summed E-state index contributed by atoms with van der Waals surface area (Å²) >= 11 is 0. The van der Waals surface area contributed by atoms with Crippen molar-refractivity contribution in [2.45, 2.75) is 39.0 Å². The minimum absolute atomic E-state index is 0.291. The van der Waals surface area contributed by atoms with Crippen LogP contribution in [0.1, 0.15) is 37.4 Å². The Bertz CT molecular complexity index is 474. The highest BCUT2D eigenvalue weighted by molar-refractivity contribution is 5.76. The summed E-state index contributed by atoms with van der Waals surface area (Å²) in [5.41, 5.74) is 0. The summed E-state index contributed by atoms with van der Waals surface area (Å²) in [5.74, 6) is 2.69. The molecule has 1 amide bonds. The second-order valence-corrected chi connectivity index (χ2v) is 6.19. The van der Waals surface area contributed by atoms with E-state index in [1.165, 1.54) is 0 Å². The molecule has 3 heterocycles. The van der Waals surface area contributed by atoms with Crippen molar-refractivity contribution in [1.82, 2.24) is 15.0 Å². The molecule has 1 aromatic heterocycles. The molecule has 6 nitrogen and oxygen atoms in total. The smallest absolute Gasteiger partial charge is 0.223 e. The van der Waals surface area contributed by atoms with Crippen molar-refractivity contribution in [3.05, 3.63) is 11.7 Å². The Morgan fingerprint density at radius 1 is 1.29 bits per heavy atom. The number of amides is 1. The number of carbonyl (C=O) groups excluding carboxylic acids is 1. The predicted molar refractivity (Wildman–Crippen MR) is 75.6 cm³/mol. The van der Waals surface area contributed by atoms with Crippen LogP contribution in [-0.4, -0.2) is 47.3 Å². The molecule has 6 heteroatoms. The fourth-order valence-corrected chi connectivity index (χ4v) is 3.19. The highest BCUT2D eigenvalue weighted by atomic mass is 16.5. The van der Waals surface area contributed by atoms with E-state index in [2.05, 4.69) is 10.1 Å². The van der Waals surface area contributed by atoms with Crippen LogP contribution < -0.4 is 0 Å². The van der Waals surface area contributed by atoms with Gasteiger partial charge in [0.25, 0.3) is 0 Å². The molecule has 0 aliphatic carbocycles. The van der Waals surface area contributed by atoms with Crippen molar-refractivity contribution < 1.29 is 14.1 Å². The molecule has 0 spiro atoms. The third kappa shape index (κ3) is 3.81. The average Bonchev–Trinajstić information content (AvgIpc) is 3.12. The fraction of sp³-hybridized carbons (Fsp3) is 0.800. The van der Waals surface area contributed by atoms with Crippen LogP contribution in [0.3, 0.4) is 0 Å². The van der Waals surface area contributed by atoms with Gasteiger partial charge in [-0.15, -0.1) is 0 Å². The molecule has 1 unspecified atom stereocenters. The van der Waals surface area contributed by atoms with Gasteiger partial charge >= 0.3 is 0 Å². The average molecular weight is 293 g/mol. The first-order valence-corrected chi connectivity index (χ1v) is 7.85. The van der Waals surface area contributed by atoms with E-state index in [-0.39, 0.29) is 0 Å². The number of piperidine rings is 1. The summed E-state index contributed by atoms with van der Waals surface area (Å²) in [4.78, 5) is 18.5. The number of rotatable bonds is 4. The van der Waals surface area contributed by atoms with E-state index in [1.807, 2.05) is 11.8 Å². The zero-order chi connectivity index (χ0) is 14.7. The van der Waals surface area contributed by atoms with E-state index in [0.717, 1.165) is 57.8 Å². The summed E-state index contributed by atoms with van der Waals surface area (Å²) in [6, 6.07) is 0. The SMILES string of the molecule is Cc1nc(CC2CCN(C(=O)CC3CCOC3)CC2)no1. The van der Waals surface area contributed by atoms with Crippen molar-refractivity contribution in [3.8, 4) is 0 Å². The largest absolute Gasteiger partial charge is 0.381 e. The third-order valence-electron chi connectivity index (χ3n) is 4.50. The molecule has 0 N–H and O–H groups in total. The third-order valence-corrected chi connectivity index (χ3v) is 4.50. The molecule has 2 fully saturated rings. The lowest BCUT2D eigenvalue weighted by Crippen LogP contribution is -2.39. The normalized spacial score (nSPS) is 23.7. The van der Waals surface area contributed by atoms with Crippen LogP contribution in [0.4, 0.5) is 0 Å². The second kappa shape index (κ2) is 6.56. The molecule has 0 saturated carbocycles. The number of ether oxygens (including phenoxy) is 1. The van der Waals surface area contributed by atoms with Gasteiger partial charge in [-0.3, -0.25) is 4.79 Å². The maximum absolute atomic E-state index is 12.3. The fourth-order valence-electron chi connectivity index (χ4n) is 3.19. The van der Waals surface area contributed by atoms with E-state index in [1.54, 1.807) is 0 Å². The van der Waals surface area contributed by atoms with Crippen molar-refractivity contribution in [2.75, 3.05) is 26.3 Å². The maximum Gasteiger partial charge on any atom is 0.223 e. The van der Waals surface area contributed by atoms with Gasteiger partial charge in [0.2, 0.25) is 11.8 Å². The molecule has 2 saturated heterocycles. The summed E-state index contributed by atoms with van der Waals surface area (Å²) in [6.07, 6.45) is 4.59. The lowest BCUT2D eigenvalue weighted by atomic mass is 9.92. The van der Waals surface area contributed by atoms with Gasteiger partial charge in [-0.05, 0) is 31.1 Å². The topological polar surface area (TPSA) is 68.5 Å². The van der Waals surface area contributed by atoms with Crippen LogP contribution in [0.5, 0.6) is 0 Å². The Hall–Kier alpha value is -1.43. The summed E-state index contributed by atoms with van der Waals surface area (Å²) in [7, 11) is 0. The molecule has 0 bridgehead atoms. The highest BCUT2D eigenvalue weighted by Gasteiger charge is 2.27. The molecule has 116 valence electrons. The van der Waals surface area contributed by atoms with Gasteiger partial charge in [-0.1, -0.05) is 5.16 Å². The van der Waals surface area contributed by atoms with E-state index < -0.39 is 0 Å². The molecular formula is C15H23N3O3. The molecule has 0 aromatic carbocycles. The lowest BCUT2D eigenvalue weighted by Gasteiger charge is -2.32. The van der Waals surface area contributed by atoms with Crippen LogP contribution in [0.15, 0.2) is 4.52 Å². The van der Waals surface area contributed by atoms with Crippen molar-refractivity contribution in [3.63, 3.8) is 0 Å². The van der Waals surface area contributed by atoms with Crippen LogP contribution >= 0.6 is 0 Å². The monoisotopic (exact) mass is 293 g/mol. The molecule has 21 heavy (non-hydrogen) atoms. The number of hydrogen-bond donors (Lipinski definition) is 0. The predicted octanol–water partition coefficient (Wildman–Crippen LogP) is 1.59. The zero-order valence-electron chi connectivity index (χ0n) is 12.6. The Kier molecular flexibility index (Phi) is 4.53. The van der Waals surface area contributed by atoms with Crippen LogP contribution in [0.25, 0.3) is 0 Å². The van der Waals surface area contributed by atoms with E-state index >= 15 is 0 Å². The molecule has 1 atom stereocenters. The first kappa shape index (κ1) is 14.5. The van der Waals surface area contributed by atoms with Crippen LogP contribution in [0.2, 0.25) is 0 Å². The molecule has 0 radical (unpaired) electrons. The summed E-state index contributed by atoms with van der Waals surface area (Å²) < 4.78 is 10.3. The number of aromatic nitrogens is 2. The van der Waals surface area contributed by atoms with Crippen LogP contribution in [0, 0.1) is 18.8 Å². The molecule has 3 rings (SSSR count). The first-order valence-electron chi connectivity index (χ1n) is 7.85. The highest BCUT2D eigenvalue weighted by Crippen LogP contribution is 2.23. The minimum atomic E-state index is 0.291. The quantitative estimate of drug-likeness (QED) is 0.843. The number of nitrogens with zero attached hydrogens (tertiary/aromatic N) is 3. The van der Waals surface area contributed by atoms with Gasteiger partial charge in [0.15, 0.2) is 5.82 Å². The Morgan fingerprint density at radius 2 is 2.10 bits per heavy atom. The van der Waals surface area contributed by atoms with E-state index in [9.17, 15) is 4.79 Å². The Labute approximate surface area is 124 Å². The van der Waals surface area contributed by atoms with Gasteiger partial charge in [0, 0.05) is 46.1 Å². The maximum atomic E-state index is 12.3. The summed E-state index contributed by atoms with van der Waals surface area (Å²) in [5, 5.41) is 3.95. The lowest BCUT2D eigenvalue weighted by molar-refractivity contribution is -0.133. The summed E-state index contributed by atoms with van der Waals surface area (Å²) in [6.45, 7) is 5.08. The Balaban J connectivity index is 1.42. The van der Waals surface area contributed by atoms with Crippen LogP contribution in [-0.2, 0) is 16.0 Å². The second-order valence-electron chi connectivity index (χ2n) is 6.19. The van der Waals surface area contributed by atoms with Crippen molar-refractivity contribution >= 4 is 5.91 Å².